The SMILES string of the molecule is CCOc1ccccc1NC(=O)c1cccc(NC(=O)c2nnc(COc3ccc(C)cc3)s2)c1. The van der Waals surface area contributed by atoms with Crippen molar-refractivity contribution in [3.8, 4) is 11.5 Å². The van der Waals surface area contributed by atoms with Crippen LogP contribution in [0.2, 0.25) is 0 Å². The molecule has 9 heteroatoms. The molecule has 0 spiro atoms. The molecular weight excluding hydrogens is 464 g/mol. The van der Waals surface area contributed by atoms with E-state index in [0.29, 0.717) is 34.3 Å². The first kappa shape index (κ1) is 23.9. The highest BCUT2D eigenvalue weighted by molar-refractivity contribution is 7.13. The first-order chi connectivity index (χ1) is 17.0. The van der Waals surface area contributed by atoms with Gasteiger partial charge in [0.25, 0.3) is 11.8 Å². The van der Waals surface area contributed by atoms with Crippen molar-refractivity contribution < 1.29 is 19.1 Å². The molecule has 0 unspecified atom stereocenters. The summed E-state index contributed by atoms with van der Waals surface area (Å²) >= 11 is 1.15. The molecule has 8 nitrogen and oxygen atoms in total. The average molecular weight is 489 g/mol. The fourth-order valence-corrected chi connectivity index (χ4v) is 3.80. The van der Waals surface area contributed by atoms with Gasteiger partial charge in [0.2, 0.25) is 5.01 Å². The molecule has 35 heavy (non-hydrogen) atoms. The number of carbonyl (C=O) groups excluding carboxylic acids is 2. The topological polar surface area (TPSA) is 102 Å². The summed E-state index contributed by atoms with van der Waals surface area (Å²) in [7, 11) is 0. The number of carbonyl (C=O) groups is 2. The van der Waals surface area contributed by atoms with Gasteiger partial charge in [0.05, 0.1) is 12.3 Å². The monoisotopic (exact) mass is 488 g/mol. The number of aromatic nitrogens is 2. The smallest absolute Gasteiger partial charge is 0.286 e. The van der Waals surface area contributed by atoms with Gasteiger partial charge in [-0.15, -0.1) is 10.2 Å². The largest absolute Gasteiger partial charge is 0.492 e. The average Bonchev–Trinajstić information content (AvgIpc) is 3.35. The number of aryl methyl sites for hydroxylation is 1. The van der Waals surface area contributed by atoms with Crippen molar-refractivity contribution in [3.63, 3.8) is 0 Å². The van der Waals surface area contributed by atoms with Crippen LogP contribution in [0, 0.1) is 6.92 Å². The molecule has 4 aromatic rings. The molecule has 0 saturated carbocycles. The maximum atomic E-state index is 12.8. The minimum Gasteiger partial charge on any atom is -0.492 e. The van der Waals surface area contributed by atoms with Gasteiger partial charge in [-0.25, -0.2) is 0 Å². The van der Waals surface area contributed by atoms with Gasteiger partial charge in [0.15, 0.2) is 5.01 Å². The van der Waals surface area contributed by atoms with Crippen molar-refractivity contribution in [1.29, 1.82) is 0 Å². The van der Waals surface area contributed by atoms with E-state index in [1.807, 2.05) is 50.2 Å². The summed E-state index contributed by atoms with van der Waals surface area (Å²) < 4.78 is 11.3. The molecule has 0 fully saturated rings. The Bertz CT molecular complexity index is 1320. The second-order valence-corrected chi connectivity index (χ2v) is 8.58. The van der Waals surface area contributed by atoms with Crippen LogP contribution in [0.3, 0.4) is 0 Å². The lowest BCUT2D eigenvalue weighted by Gasteiger charge is -2.12. The van der Waals surface area contributed by atoms with Crippen molar-refractivity contribution in [1.82, 2.24) is 10.2 Å². The van der Waals surface area contributed by atoms with Gasteiger partial charge in [-0.2, -0.15) is 0 Å². The van der Waals surface area contributed by atoms with Crippen LogP contribution >= 0.6 is 11.3 Å². The van der Waals surface area contributed by atoms with Gasteiger partial charge in [0, 0.05) is 11.3 Å². The van der Waals surface area contributed by atoms with Crippen molar-refractivity contribution in [3.05, 3.63) is 93.9 Å². The number of nitrogens with zero attached hydrogens (tertiary/aromatic N) is 2. The van der Waals surface area contributed by atoms with Gasteiger partial charge >= 0.3 is 0 Å². The Morgan fingerprint density at radius 3 is 2.49 bits per heavy atom. The van der Waals surface area contributed by atoms with Gasteiger partial charge in [-0.3, -0.25) is 9.59 Å². The molecule has 4 rings (SSSR count). The summed E-state index contributed by atoms with van der Waals surface area (Å²) in [6.45, 7) is 4.58. The minimum absolute atomic E-state index is 0.202. The van der Waals surface area contributed by atoms with E-state index in [1.54, 1.807) is 36.4 Å². The summed E-state index contributed by atoms with van der Waals surface area (Å²) in [5, 5.41) is 14.4. The van der Waals surface area contributed by atoms with Crippen LogP contribution in [0.15, 0.2) is 72.8 Å². The van der Waals surface area contributed by atoms with Crippen LogP contribution in [0.1, 0.15) is 37.7 Å². The number of hydrogen-bond acceptors (Lipinski definition) is 7. The standard InChI is InChI=1S/C26H24N4O4S/c1-3-33-22-10-5-4-9-21(22)28-24(31)18-7-6-8-19(15-18)27-25(32)26-30-29-23(35-26)16-34-20-13-11-17(2)12-14-20/h4-15H,3,16H2,1-2H3,(H,27,32)(H,28,31). The van der Waals surface area contributed by atoms with E-state index in [-0.39, 0.29) is 17.5 Å². The quantitative estimate of drug-likeness (QED) is 0.330. The van der Waals surface area contributed by atoms with Gasteiger partial charge in [0.1, 0.15) is 18.1 Å². The zero-order valence-electron chi connectivity index (χ0n) is 19.3. The van der Waals surface area contributed by atoms with E-state index in [2.05, 4.69) is 20.8 Å². The molecule has 3 aromatic carbocycles. The lowest BCUT2D eigenvalue weighted by atomic mass is 10.1. The summed E-state index contributed by atoms with van der Waals surface area (Å²) in [6, 6.07) is 21.5. The number of ether oxygens (including phenoxy) is 2. The third-order valence-electron chi connectivity index (χ3n) is 4.86. The maximum absolute atomic E-state index is 12.8. The fourth-order valence-electron chi connectivity index (χ4n) is 3.15. The molecule has 0 aliphatic rings. The first-order valence-electron chi connectivity index (χ1n) is 11.0. The zero-order chi connectivity index (χ0) is 24.6. The molecule has 1 heterocycles. The van der Waals surface area contributed by atoms with Crippen molar-refractivity contribution in [2.45, 2.75) is 20.5 Å². The maximum Gasteiger partial charge on any atom is 0.286 e. The number of rotatable bonds is 9. The molecule has 0 saturated heterocycles. The third-order valence-corrected chi connectivity index (χ3v) is 5.76. The summed E-state index contributed by atoms with van der Waals surface area (Å²) in [4.78, 5) is 25.4. The number of benzene rings is 3. The summed E-state index contributed by atoms with van der Waals surface area (Å²) in [5.41, 5.74) is 2.57. The highest BCUT2D eigenvalue weighted by atomic mass is 32.1. The van der Waals surface area contributed by atoms with E-state index in [4.69, 9.17) is 9.47 Å². The fraction of sp³-hybridized carbons (Fsp3) is 0.154. The third kappa shape index (κ3) is 6.42. The van der Waals surface area contributed by atoms with Gasteiger partial charge < -0.3 is 20.1 Å². The number of anilines is 2. The Kier molecular flexibility index (Phi) is 7.69. The molecule has 0 atom stereocenters. The van der Waals surface area contributed by atoms with E-state index in [1.165, 1.54) is 0 Å². The predicted molar refractivity (Wildman–Crippen MR) is 135 cm³/mol. The Balaban J connectivity index is 1.37. The summed E-state index contributed by atoms with van der Waals surface area (Å²) in [5.74, 6) is 0.574. The molecule has 2 N–H and O–H groups in total. The summed E-state index contributed by atoms with van der Waals surface area (Å²) in [6.07, 6.45) is 0. The van der Waals surface area contributed by atoms with Crippen molar-refractivity contribution >= 4 is 34.5 Å². The van der Waals surface area contributed by atoms with E-state index in [9.17, 15) is 9.59 Å². The van der Waals surface area contributed by atoms with E-state index >= 15 is 0 Å². The van der Waals surface area contributed by atoms with E-state index < -0.39 is 5.91 Å². The van der Waals surface area contributed by atoms with Crippen LogP contribution in [0.25, 0.3) is 0 Å². The number of nitrogens with one attached hydrogen (secondary N) is 2. The van der Waals surface area contributed by atoms with Crippen molar-refractivity contribution in [2.75, 3.05) is 17.2 Å². The van der Waals surface area contributed by atoms with Crippen LogP contribution in [0.4, 0.5) is 11.4 Å². The van der Waals surface area contributed by atoms with Crippen molar-refractivity contribution in [2.24, 2.45) is 0 Å². The zero-order valence-corrected chi connectivity index (χ0v) is 20.1. The van der Waals surface area contributed by atoms with Crippen LogP contribution < -0.4 is 20.1 Å². The number of hydrogen-bond donors (Lipinski definition) is 2. The molecule has 1 aromatic heterocycles. The normalized spacial score (nSPS) is 10.5. The van der Waals surface area contributed by atoms with Crippen LogP contribution in [-0.2, 0) is 6.61 Å². The highest BCUT2D eigenvalue weighted by Crippen LogP contribution is 2.25. The Morgan fingerprint density at radius 1 is 0.886 bits per heavy atom. The lowest BCUT2D eigenvalue weighted by molar-refractivity contribution is 0.101. The second-order valence-electron chi connectivity index (χ2n) is 7.52. The Morgan fingerprint density at radius 2 is 1.69 bits per heavy atom. The molecule has 0 bridgehead atoms. The first-order valence-corrected chi connectivity index (χ1v) is 11.8. The molecular formula is C26H24N4O4S. The second kappa shape index (κ2) is 11.3. The van der Waals surface area contributed by atoms with Gasteiger partial charge in [-0.05, 0) is 56.3 Å². The van der Waals surface area contributed by atoms with Gasteiger partial charge in [-0.1, -0.05) is 47.2 Å². The number of para-hydroxylation sites is 2. The Labute approximate surface area is 206 Å². The highest BCUT2D eigenvalue weighted by Gasteiger charge is 2.15. The van der Waals surface area contributed by atoms with E-state index in [0.717, 1.165) is 22.6 Å². The number of amides is 2. The minimum atomic E-state index is -0.414. The molecule has 0 aliphatic heterocycles. The molecule has 178 valence electrons. The molecule has 0 aliphatic carbocycles. The molecule has 0 radical (unpaired) electrons. The molecule has 2 amide bonds. The predicted octanol–water partition coefficient (Wildman–Crippen LogP) is 5.33. The van der Waals surface area contributed by atoms with Crippen LogP contribution in [0.5, 0.6) is 11.5 Å². The Hall–Kier alpha value is -4.24. The lowest BCUT2D eigenvalue weighted by Crippen LogP contribution is -2.15. The van der Waals surface area contributed by atoms with Crippen LogP contribution in [-0.4, -0.2) is 28.6 Å².